The van der Waals surface area contributed by atoms with Crippen molar-refractivity contribution in [2.24, 2.45) is 0 Å². The largest absolute Gasteiger partial charge is 0.487 e. The minimum absolute atomic E-state index is 0.297. The van der Waals surface area contributed by atoms with Crippen LogP contribution in [0.25, 0.3) is 0 Å². The van der Waals surface area contributed by atoms with Gasteiger partial charge in [-0.15, -0.1) is 0 Å². The first-order valence-electron chi connectivity index (χ1n) is 6.39. The number of nitriles is 1. The highest BCUT2D eigenvalue weighted by atomic mass is 35.5. The summed E-state index contributed by atoms with van der Waals surface area (Å²) in [6, 6.07) is 12.8. The molecule has 0 aliphatic rings. The van der Waals surface area contributed by atoms with Crippen molar-refractivity contribution in [3.63, 3.8) is 0 Å². The van der Waals surface area contributed by atoms with E-state index in [1.165, 1.54) is 0 Å². The number of hydrogen-bond donors (Lipinski definition) is 1. The third-order valence-corrected chi connectivity index (χ3v) is 3.62. The Morgan fingerprint density at radius 2 is 1.95 bits per heavy atom. The van der Waals surface area contributed by atoms with Gasteiger partial charge in [0.15, 0.2) is 0 Å². The number of rotatable bonds is 5. The lowest BCUT2D eigenvalue weighted by Crippen LogP contribution is -2.08. The summed E-state index contributed by atoms with van der Waals surface area (Å²) in [5.74, 6) is 0.647. The highest BCUT2D eigenvalue weighted by Gasteiger charge is 2.09. The maximum atomic E-state index is 8.83. The van der Waals surface area contributed by atoms with E-state index in [0.29, 0.717) is 34.5 Å². The average molecular weight is 321 g/mol. The molecule has 0 heterocycles. The van der Waals surface area contributed by atoms with Crippen molar-refractivity contribution in [1.82, 2.24) is 5.32 Å². The maximum absolute atomic E-state index is 8.83. The summed E-state index contributed by atoms with van der Waals surface area (Å²) in [6.45, 7) is 0.960. The molecule has 0 amide bonds. The number of nitrogens with one attached hydrogen (secondary N) is 1. The van der Waals surface area contributed by atoms with Crippen LogP contribution in [0.5, 0.6) is 5.75 Å². The van der Waals surface area contributed by atoms with Gasteiger partial charge in [-0.2, -0.15) is 5.26 Å². The van der Waals surface area contributed by atoms with Gasteiger partial charge >= 0.3 is 0 Å². The number of nitrogens with zero attached hydrogens (tertiary/aromatic N) is 1. The highest BCUT2D eigenvalue weighted by molar-refractivity contribution is 6.32. The van der Waals surface area contributed by atoms with Gasteiger partial charge in [0, 0.05) is 22.7 Å². The van der Waals surface area contributed by atoms with Crippen LogP contribution in [0.2, 0.25) is 10.0 Å². The number of benzene rings is 2. The Kier molecular flexibility index (Phi) is 5.46. The molecule has 108 valence electrons. The molecule has 0 saturated heterocycles. The molecule has 0 radical (unpaired) electrons. The molecule has 0 saturated carbocycles. The summed E-state index contributed by atoms with van der Waals surface area (Å²) in [4.78, 5) is 0. The molecule has 0 unspecified atom stereocenters. The molecule has 0 spiro atoms. The van der Waals surface area contributed by atoms with E-state index in [-0.39, 0.29) is 0 Å². The number of halogens is 2. The lowest BCUT2D eigenvalue weighted by atomic mass is 10.1. The summed E-state index contributed by atoms with van der Waals surface area (Å²) in [7, 11) is 1.86. The lowest BCUT2D eigenvalue weighted by Gasteiger charge is -2.13. The van der Waals surface area contributed by atoms with E-state index in [1.54, 1.807) is 24.3 Å². The zero-order valence-electron chi connectivity index (χ0n) is 11.5. The van der Waals surface area contributed by atoms with Crippen molar-refractivity contribution in [1.29, 1.82) is 5.26 Å². The van der Waals surface area contributed by atoms with Gasteiger partial charge in [0.1, 0.15) is 12.4 Å². The van der Waals surface area contributed by atoms with Crippen LogP contribution in [0.15, 0.2) is 36.4 Å². The molecule has 0 bridgehead atoms. The lowest BCUT2D eigenvalue weighted by molar-refractivity contribution is 0.302. The summed E-state index contributed by atoms with van der Waals surface area (Å²) in [5, 5.41) is 13.0. The Morgan fingerprint density at radius 1 is 1.14 bits per heavy atom. The predicted octanol–water partition coefficient (Wildman–Crippen LogP) is 4.16. The van der Waals surface area contributed by atoms with Crippen LogP contribution in [0, 0.1) is 11.3 Å². The van der Waals surface area contributed by atoms with Crippen molar-refractivity contribution in [3.05, 3.63) is 63.1 Å². The van der Waals surface area contributed by atoms with Crippen molar-refractivity contribution in [2.45, 2.75) is 13.2 Å². The Labute approximate surface area is 134 Å². The summed E-state index contributed by atoms with van der Waals surface area (Å²) in [6.07, 6.45) is 0. The number of ether oxygens (including phenoxy) is 1. The van der Waals surface area contributed by atoms with Crippen LogP contribution in [0.1, 0.15) is 16.7 Å². The van der Waals surface area contributed by atoms with Gasteiger partial charge in [-0.05, 0) is 25.2 Å². The van der Waals surface area contributed by atoms with E-state index in [4.69, 9.17) is 33.2 Å². The van der Waals surface area contributed by atoms with Gasteiger partial charge in [-0.3, -0.25) is 0 Å². The number of hydrogen-bond acceptors (Lipinski definition) is 3. The van der Waals surface area contributed by atoms with E-state index >= 15 is 0 Å². The zero-order valence-corrected chi connectivity index (χ0v) is 13.0. The quantitative estimate of drug-likeness (QED) is 0.899. The second-order valence-corrected chi connectivity index (χ2v) is 5.28. The van der Waals surface area contributed by atoms with Gasteiger partial charge in [-0.1, -0.05) is 41.4 Å². The molecule has 0 aliphatic heterocycles. The van der Waals surface area contributed by atoms with Crippen molar-refractivity contribution in [3.8, 4) is 11.8 Å². The van der Waals surface area contributed by atoms with Crippen molar-refractivity contribution in [2.75, 3.05) is 7.05 Å². The molecule has 21 heavy (non-hydrogen) atoms. The molecular weight excluding hydrogens is 307 g/mol. The summed E-state index contributed by atoms with van der Waals surface area (Å²) in [5.41, 5.74) is 2.32. The smallest absolute Gasteiger partial charge is 0.142 e. The van der Waals surface area contributed by atoms with E-state index < -0.39 is 0 Å². The summed E-state index contributed by atoms with van der Waals surface area (Å²) >= 11 is 12.3. The van der Waals surface area contributed by atoms with Crippen LogP contribution in [-0.4, -0.2) is 7.05 Å². The molecule has 2 aromatic carbocycles. The second-order valence-electron chi connectivity index (χ2n) is 4.47. The standard InChI is InChI=1S/C16H14Cl2N2O/c1-20-9-12-3-2-4-14(17)16(12)21-10-13-6-5-11(8-19)7-15(13)18/h2-7,20H,9-10H2,1H3. The van der Waals surface area contributed by atoms with E-state index in [9.17, 15) is 0 Å². The predicted molar refractivity (Wildman–Crippen MR) is 84.7 cm³/mol. The second kappa shape index (κ2) is 7.33. The van der Waals surface area contributed by atoms with Crippen LogP contribution in [0.4, 0.5) is 0 Å². The molecular formula is C16H14Cl2N2O. The van der Waals surface area contributed by atoms with Crippen LogP contribution >= 0.6 is 23.2 Å². The minimum Gasteiger partial charge on any atom is -0.487 e. The van der Waals surface area contributed by atoms with Gasteiger partial charge in [0.05, 0.1) is 16.7 Å². The van der Waals surface area contributed by atoms with Crippen LogP contribution in [0.3, 0.4) is 0 Å². The molecule has 3 nitrogen and oxygen atoms in total. The third kappa shape index (κ3) is 3.89. The Morgan fingerprint density at radius 3 is 2.62 bits per heavy atom. The maximum Gasteiger partial charge on any atom is 0.142 e. The Balaban J connectivity index is 2.19. The molecule has 2 rings (SSSR count). The van der Waals surface area contributed by atoms with Crippen LogP contribution < -0.4 is 10.1 Å². The van der Waals surface area contributed by atoms with Crippen LogP contribution in [-0.2, 0) is 13.2 Å². The Hall–Kier alpha value is -1.73. The normalized spacial score (nSPS) is 10.2. The van der Waals surface area contributed by atoms with Gasteiger partial charge < -0.3 is 10.1 Å². The van der Waals surface area contributed by atoms with E-state index in [0.717, 1.165) is 11.1 Å². The monoisotopic (exact) mass is 320 g/mol. The number of para-hydroxylation sites is 1. The fourth-order valence-corrected chi connectivity index (χ4v) is 2.41. The average Bonchev–Trinajstić information content (AvgIpc) is 2.48. The first-order chi connectivity index (χ1) is 10.2. The zero-order chi connectivity index (χ0) is 15.2. The topological polar surface area (TPSA) is 45.0 Å². The SMILES string of the molecule is CNCc1cccc(Cl)c1OCc1ccc(C#N)cc1Cl. The van der Waals surface area contributed by atoms with Gasteiger partial charge in [0.2, 0.25) is 0 Å². The molecule has 0 aliphatic carbocycles. The fraction of sp³-hybridized carbons (Fsp3) is 0.188. The molecule has 0 atom stereocenters. The van der Waals surface area contributed by atoms with Gasteiger partial charge in [-0.25, -0.2) is 0 Å². The van der Waals surface area contributed by atoms with Crippen molar-refractivity contribution < 1.29 is 4.74 Å². The molecule has 5 heteroatoms. The molecule has 2 aromatic rings. The van der Waals surface area contributed by atoms with E-state index in [2.05, 4.69) is 5.32 Å². The first-order valence-corrected chi connectivity index (χ1v) is 7.14. The molecule has 0 fully saturated rings. The third-order valence-electron chi connectivity index (χ3n) is 2.97. The van der Waals surface area contributed by atoms with Crippen molar-refractivity contribution >= 4 is 23.2 Å². The fourth-order valence-electron chi connectivity index (χ4n) is 1.93. The van der Waals surface area contributed by atoms with E-state index in [1.807, 2.05) is 25.2 Å². The highest BCUT2D eigenvalue weighted by Crippen LogP contribution is 2.30. The minimum atomic E-state index is 0.297. The summed E-state index contributed by atoms with van der Waals surface area (Å²) < 4.78 is 5.82. The first kappa shape index (κ1) is 15.7. The van der Waals surface area contributed by atoms with Gasteiger partial charge in [0.25, 0.3) is 0 Å². The molecule has 0 aromatic heterocycles. The molecule has 1 N–H and O–H groups in total. The Bertz CT molecular complexity index is 680.